The molecule has 2 fully saturated rings. The van der Waals surface area contributed by atoms with E-state index in [-0.39, 0.29) is 12.4 Å². The van der Waals surface area contributed by atoms with Crippen LogP contribution < -0.4 is 19.7 Å². The smallest absolute Gasteiger partial charge is 0.124 e. The first kappa shape index (κ1) is 20.1. The van der Waals surface area contributed by atoms with Crippen LogP contribution in [0.1, 0.15) is 19.8 Å². The van der Waals surface area contributed by atoms with E-state index in [4.69, 9.17) is 9.47 Å². The van der Waals surface area contributed by atoms with Crippen molar-refractivity contribution in [1.29, 1.82) is 0 Å². The fourth-order valence-electron chi connectivity index (χ4n) is 3.91. The molecule has 0 radical (unpaired) electrons. The first-order chi connectivity index (χ1) is 11.6. The third-order valence-electron chi connectivity index (χ3n) is 5.35. The quantitative estimate of drug-likeness (QED) is 0.863. The van der Waals surface area contributed by atoms with Crippen LogP contribution in [-0.4, -0.2) is 64.9 Å². The number of hydrogen-bond acceptors (Lipinski definition) is 5. The molecule has 0 aliphatic carbocycles. The number of nitrogens with one attached hydrogen (secondary N) is 1. The van der Waals surface area contributed by atoms with Gasteiger partial charge in [-0.25, -0.2) is 0 Å². The highest BCUT2D eigenvalue weighted by Crippen LogP contribution is 2.30. The molecule has 0 spiro atoms. The fraction of sp³-hybridized carbons (Fsp3) is 0.684. The summed E-state index contributed by atoms with van der Waals surface area (Å²) in [6.07, 6.45) is 2.49. The number of benzene rings is 1. The molecule has 0 bridgehead atoms. The summed E-state index contributed by atoms with van der Waals surface area (Å²) in [4.78, 5) is 5.10. The lowest BCUT2D eigenvalue weighted by atomic mass is 9.89. The molecule has 2 saturated heterocycles. The SMILES string of the molecule is COc1cc(OC)cc(N2CCCN(CC3(C)CCNC3)CC2)c1.Cl. The summed E-state index contributed by atoms with van der Waals surface area (Å²) >= 11 is 0. The van der Waals surface area contributed by atoms with E-state index in [1.165, 1.54) is 38.2 Å². The van der Waals surface area contributed by atoms with E-state index in [0.29, 0.717) is 5.41 Å². The van der Waals surface area contributed by atoms with E-state index < -0.39 is 0 Å². The molecule has 1 aromatic carbocycles. The molecule has 1 atom stereocenters. The zero-order valence-electron chi connectivity index (χ0n) is 15.7. The minimum Gasteiger partial charge on any atom is -0.497 e. The highest BCUT2D eigenvalue weighted by molar-refractivity contribution is 5.85. The van der Waals surface area contributed by atoms with Crippen LogP contribution in [0.5, 0.6) is 11.5 Å². The number of anilines is 1. The van der Waals surface area contributed by atoms with Crippen LogP contribution in [0.4, 0.5) is 5.69 Å². The lowest BCUT2D eigenvalue weighted by Crippen LogP contribution is -2.39. The molecule has 1 unspecified atom stereocenters. The Labute approximate surface area is 158 Å². The van der Waals surface area contributed by atoms with Gasteiger partial charge in [-0.1, -0.05) is 6.92 Å². The van der Waals surface area contributed by atoms with Crippen molar-refractivity contribution in [1.82, 2.24) is 10.2 Å². The molecule has 5 nitrogen and oxygen atoms in total. The number of halogens is 1. The number of ether oxygens (including phenoxy) is 2. The topological polar surface area (TPSA) is 37.0 Å². The maximum absolute atomic E-state index is 5.42. The summed E-state index contributed by atoms with van der Waals surface area (Å²) in [7, 11) is 3.41. The van der Waals surface area contributed by atoms with Crippen molar-refractivity contribution in [3.63, 3.8) is 0 Å². The molecule has 1 N–H and O–H groups in total. The van der Waals surface area contributed by atoms with Gasteiger partial charge in [-0.15, -0.1) is 12.4 Å². The summed E-state index contributed by atoms with van der Waals surface area (Å²) in [5, 5.41) is 3.51. The summed E-state index contributed by atoms with van der Waals surface area (Å²) < 4.78 is 10.8. The van der Waals surface area contributed by atoms with Crippen LogP contribution in [0, 0.1) is 5.41 Å². The number of hydrogen-bond donors (Lipinski definition) is 1. The normalized spacial score (nSPS) is 24.5. The van der Waals surface area contributed by atoms with Gasteiger partial charge in [-0.3, -0.25) is 0 Å². The molecule has 2 heterocycles. The lowest BCUT2D eigenvalue weighted by Gasteiger charge is -2.31. The van der Waals surface area contributed by atoms with Crippen molar-refractivity contribution in [2.75, 3.05) is 64.9 Å². The van der Waals surface area contributed by atoms with Crippen molar-refractivity contribution in [3.8, 4) is 11.5 Å². The minimum absolute atomic E-state index is 0. The Balaban J connectivity index is 0.00000225. The van der Waals surface area contributed by atoms with Crippen molar-refractivity contribution < 1.29 is 9.47 Å². The third-order valence-corrected chi connectivity index (χ3v) is 5.35. The first-order valence-corrected chi connectivity index (χ1v) is 9.03. The highest BCUT2D eigenvalue weighted by atomic mass is 35.5. The molecule has 2 aliphatic heterocycles. The van der Waals surface area contributed by atoms with Gasteiger partial charge < -0.3 is 24.6 Å². The molecule has 1 aromatic rings. The van der Waals surface area contributed by atoms with E-state index >= 15 is 0 Å². The molecular weight excluding hydrogens is 338 g/mol. The van der Waals surface area contributed by atoms with E-state index in [9.17, 15) is 0 Å². The second kappa shape index (κ2) is 8.97. The molecule has 0 aromatic heterocycles. The van der Waals surface area contributed by atoms with E-state index in [0.717, 1.165) is 37.7 Å². The van der Waals surface area contributed by atoms with Gasteiger partial charge in [0.2, 0.25) is 0 Å². The maximum atomic E-state index is 5.42. The van der Waals surface area contributed by atoms with Gasteiger partial charge in [0.05, 0.1) is 14.2 Å². The highest BCUT2D eigenvalue weighted by Gasteiger charge is 2.31. The van der Waals surface area contributed by atoms with Crippen LogP contribution in [0.2, 0.25) is 0 Å². The maximum Gasteiger partial charge on any atom is 0.124 e. The number of rotatable bonds is 5. The number of nitrogens with zero attached hydrogens (tertiary/aromatic N) is 2. The molecule has 25 heavy (non-hydrogen) atoms. The molecule has 0 amide bonds. The van der Waals surface area contributed by atoms with Gasteiger partial charge in [0.25, 0.3) is 0 Å². The number of methoxy groups -OCH3 is 2. The second-order valence-electron chi connectivity index (χ2n) is 7.43. The molecule has 6 heteroatoms. The van der Waals surface area contributed by atoms with Crippen molar-refractivity contribution in [2.24, 2.45) is 5.41 Å². The van der Waals surface area contributed by atoms with Crippen LogP contribution in [0.25, 0.3) is 0 Å². The zero-order valence-corrected chi connectivity index (χ0v) is 16.5. The largest absolute Gasteiger partial charge is 0.497 e. The van der Waals surface area contributed by atoms with Gasteiger partial charge in [-0.05, 0) is 31.3 Å². The van der Waals surface area contributed by atoms with Gasteiger partial charge >= 0.3 is 0 Å². The van der Waals surface area contributed by atoms with Gasteiger partial charge in [0.15, 0.2) is 0 Å². The lowest BCUT2D eigenvalue weighted by molar-refractivity contribution is 0.187. The van der Waals surface area contributed by atoms with Gasteiger partial charge in [-0.2, -0.15) is 0 Å². The minimum atomic E-state index is 0. The van der Waals surface area contributed by atoms with Gasteiger partial charge in [0, 0.05) is 56.6 Å². The predicted octanol–water partition coefficient (Wildman–Crippen LogP) is 2.64. The second-order valence-corrected chi connectivity index (χ2v) is 7.43. The Morgan fingerprint density at radius 1 is 1.04 bits per heavy atom. The summed E-state index contributed by atoms with van der Waals surface area (Å²) in [6.45, 7) is 10.4. The summed E-state index contributed by atoms with van der Waals surface area (Å²) in [5.41, 5.74) is 1.63. The standard InChI is InChI=1S/C19H31N3O2.ClH/c1-19(5-6-20-14-19)15-21-7-4-8-22(10-9-21)16-11-17(23-2)13-18(12-16)24-3;/h11-13,20H,4-10,14-15H2,1-3H3;1H. The van der Waals surface area contributed by atoms with E-state index in [1.54, 1.807) is 14.2 Å². The monoisotopic (exact) mass is 369 g/mol. The van der Waals surface area contributed by atoms with Crippen LogP contribution in [-0.2, 0) is 0 Å². The van der Waals surface area contributed by atoms with Crippen LogP contribution in [0.15, 0.2) is 18.2 Å². The Morgan fingerprint density at radius 3 is 2.36 bits per heavy atom. The van der Waals surface area contributed by atoms with Crippen LogP contribution in [0.3, 0.4) is 0 Å². The third kappa shape index (κ3) is 5.16. The molecule has 0 saturated carbocycles. The molecular formula is C19H32ClN3O2. The van der Waals surface area contributed by atoms with Crippen molar-refractivity contribution >= 4 is 18.1 Å². The van der Waals surface area contributed by atoms with Crippen LogP contribution >= 0.6 is 12.4 Å². The average Bonchev–Trinajstić information content (AvgIpc) is 2.89. The average molecular weight is 370 g/mol. The Morgan fingerprint density at radius 2 is 1.76 bits per heavy atom. The zero-order chi connectivity index (χ0) is 17.0. The predicted molar refractivity (Wildman–Crippen MR) is 106 cm³/mol. The molecule has 3 rings (SSSR count). The Hall–Kier alpha value is -1.17. The summed E-state index contributed by atoms with van der Waals surface area (Å²) in [5.74, 6) is 1.71. The molecule has 2 aliphatic rings. The summed E-state index contributed by atoms with van der Waals surface area (Å²) in [6, 6.07) is 6.16. The Kier molecular flexibility index (Phi) is 7.23. The first-order valence-electron chi connectivity index (χ1n) is 9.03. The van der Waals surface area contributed by atoms with E-state index in [1.807, 2.05) is 6.07 Å². The van der Waals surface area contributed by atoms with E-state index in [2.05, 4.69) is 34.2 Å². The van der Waals surface area contributed by atoms with Gasteiger partial charge in [0.1, 0.15) is 11.5 Å². The molecule has 142 valence electrons. The Bertz CT molecular complexity index is 527. The van der Waals surface area contributed by atoms with Crippen molar-refractivity contribution in [3.05, 3.63) is 18.2 Å². The van der Waals surface area contributed by atoms with Crippen molar-refractivity contribution in [2.45, 2.75) is 19.8 Å². The fourth-order valence-corrected chi connectivity index (χ4v) is 3.91.